The van der Waals surface area contributed by atoms with Gasteiger partial charge in [-0.3, -0.25) is 9.59 Å². The van der Waals surface area contributed by atoms with Gasteiger partial charge in [0.15, 0.2) is 0 Å². The van der Waals surface area contributed by atoms with Crippen LogP contribution in [0.4, 0.5) is 5.69 Å². The predicted molar refractivity (Wildman–Crippen MR) is 80.3 cm³/mol. The first-order valence-electron chi connectivity index (χ1n) is 7.05. The number of hydrogen-bond acceptors (Lipinski definition) is 4. The highest BCUT2D eigenvalue weighted by Gasteiger charge is 2.32. The lowest BCUT2D eigenvalue weighted by molar-refractivity contribution is -0.130. The van der Waals surface area contributed by atoms with Crippen LogP contribution in [0.3, 0.4) is 0 Å². The smallest absolute Gasteiger partial charge is 0.251 e. The maximum Gasteiger partial charge on any atom is 0.251 e. The highest BCUT2D eigenvalue weighted by Crippen LogP contribution is 2.15. The Morgan fingerprint density at radius 3 is 2.48 bits per heavy atom. The van der Waals surface area contributed by atoms with Gasteiger partial charge in [-0.1, -0.05) is 0 Å². The summed E-state index contributed by atoms with van der Waals surface area (Å²) in [5, 5.41) is 8.57. The lowest BCUT2D eigenvalue weighted by Crippen LogP contribution is -2.59. The van der Waals surface area contributed by atoms with Gasteiger partial charge in [0, 0.05) is 30.9 Å². The average molecular weight is 291 g/mol. The van der Waals surface area contributed by atoms with Crippen LogP contribution in [0.5, 0.6) is 0 Å². The molecule has 0 radical (unpaired) electrons. The summed E-state index contributed by atoms with van der Waals surface area (Å²) in [6, 6.07) is 6.77. The highest BCUT2D eigenvalue weighted by atomic mass is 16.5. The predicted octanol–water partition coefficient (Wildman–Crippen LogP) is 0.753. The summed E-state index contributed by atoms with van der Waals surface area (Å²) in [5.41, 5.74) is 0.979. The molecule has 1 heterocycles. The van der Waals surface area contributed by atoms with E-state index in [1.807, 2.05) is 13.8 Å². The normalized spacial score (nSPS) is 15.9. The molecule has 0 aliphatic carbocycles. The maximum atomic E-state index is 11.8. The van der Waals surface area contributed by atoms with Crippen molar-refractivity contribution in [3.63, 3.8) is 0 Å². The van der Waals surface area contributed by atoms with Crippen molar-refractivity contribution in [3.8, 4) is 0 Å². The maximum absolute atomic E-state index is 11.8. The van der Waals surface area contributed by atoms with E-state index in [1.54, 1.807) is 24.3 Å². The zero-order valence-electron chi connectivity index (χ0n) is 12.4. The molecule has 1 aliphatic rings. The van der Waals surface area contributed by atoms with E-state index < -0.39 is 0 Å². The van der Waals surface area contributed by atoms with Crippen molar-refractivity contribution < 1.29 is 14.3 Å². The molecule has 1 aliphatic heterocycles. The van der Waals surface area contributed by atoms with Crippen molar-refractivity contribution in [1.29, 1.82) is 0 Å². The van der Waals surface area contributed by atoms with Crippen LogP contribution in [-0.4, -0.2) is 43.7 Å². The Hall–Kier alpha value is -1.92. The monoisotopic (exact) mass is 291 g/mol. The first kappa shape index (κ1) is 15.5. The van der Waals surface area contributed by atoms with Gasteiger partial charge in [0.2, 0.25) is 5.91 Å². The number of anilines is 1. The van der Waals surface area contributed by atoms with Crippen LogP contribution >= 0.6 is 0 Å². The van der Waals surface area contributed by atoms with E-state index in [0.717, 1.165) is 13.1 Å². The van der Waals surface area contributed by atoms with E-state index in [2.05, 4.69) is 16.0 Å². The minimum Gasteiger partial charge on any atom is -0.363 e. The first-order chi connectivity index (χ1) is 10.0. The van der Waals surface area contributed by atoms with Gasteiger partial charge in [0.05, 0.1) is 5.60 Å². The highest BCUT2D eigenvalue weighted by molar-refractivity contribution is 5.96. The van der Waals surface area contributed by atoms with Gasteiger partial charge >= 0.3 is 0 Å². The third-order valence-corrected chi connectivity index (χ3v) is 3.32. The summed E-state index contributed by atoms with van der Waals surface area (Å²) in [5.74, 6) is -0.321. The number of ether oxygens (including phenoxy) is 1. The molecule has 6 nitrogen and oxygen atoms in total. The molecule has 1 aromatic carbocycles. The van der Waals surface area contributed by atoms with Crippen LogP contribution < -0.4 is 16.0 Å². The number of hydrogen-bond donors (Lipinski definition) is 3. The third kappa shape index (κ3) is 4.27. The second-order valence-electron chi connectivity index (χ2n) is 5.33. The number of benzene rings is 1. The quantitative estimate of drug-likeness (QED) is 0.723. The van der Waals surface area contributed by atoms with Gasteiger partial charge in [-0.2, -0.15) is 0 Å². The largest absolute Gasteiger partial charge is 0.363 e. The van der Waals surface area contributed by atoms with E-state index >= 15 is 0 Å². The van der Waals surface area contributed by atoms with E-state index in [9.17, 15) is 9.59 Å². The number of nitrogens with one attached hydrogen (secondary N) is 3. The lowest BCUT2D eigenvalue weighted by Gasteiger charge is -2.38. The zero-order valence-corrected chi connectivity index (χ0v) is 12.4. The van der Waals surface area contributed by atoms with Gasteiger partial charge < -0.3 is 20.7 Å². The molecule has 21 heavy (non-hydrogen) atoms. The van der Waals surface area contributed by atoms with Crippen LogP contribution in [0, 0.1) is 0 Å². The molecule has 3 N–H and O–H groups in total. The molecule has 1 fully saturated rings. The van der Waals surface area contributed by atoms with Crippen molar-refractivity contribution in [2.24, 2.45) is 0 Å². The van der Waals surface area contributed by atoms with Crippen LogP contribution in [0.1, 0.15) is 24.2 Å². The van der Waals surface area contributed by atoms with E-state index in [4.69, 9.17) is 4.74 Å². The fraction of sp³-hybridized carbons (Fsp3) is 0.467. The molecule has 0 bridgehead atoms. The molecule has 0 saturated carbocycles. The Morgan fingerprint density at radius 2 is 1.95 bits per heavy atom. The van der Waals surface area contributed by atoms with Crippen molar-refractivity contribution in [2.45, 2.75) is 19.4 Å². The summed E-state index contributed by atoms with van der Waals surface area (Å²) in [6.07, 6.45) is 0. The Labute approximate surface area is 124 Å². The molecule has 1 aromatic rings. The fourth-order valence-corrected chi connectivity index (χ4v) is 1.98. The molecular weight excluding hydrogens is 270 g/mol. The van der Waals surface area contributed by atoms with Crippen LogP contribution in [0.15, 0.2) is 24.3 Å². The summed E-state index contributed by atoms with van der Waals surface area (Å²) in [4.78, 5) is 23.4. The third-order valence-electron chi connectivity index (χ3n) is 3.32. The first-order valence-corrected chi connectivity index (χ1v) is 7.05. The van der Waals surface area contributed by atoms with Gasteiger partial charge in [0.25, 0.3) is 5.91 Å². The van der Waals surface area contributed by atoms with Crippen molar-refractivity contribution in [1.82, 2.24) is 10.6 Å². The fourth-order valence-electron chi connectivity index (χ4n) is 1.98. The molecule has 1 saturated heterocycles. The minimum atomic E-state index is -0.237. The summed E-state index contributed by atoms with van der Waals surface area (Å²) in [7, 11) is 0. The summed E-state index contributed by atoms with van der Waals surface area (Å²) < 4.78 is 5.55. The molecule has 0 spiro atoms. The van der Waals surface area contributed by atoms with E-state index in [0.29, 0.717) is 17.8 Å². The number of carbonyl (C=O) groups is 2. The van der Waals surface area contributed by atoms with E-state index in [1.165, 1.54) is 0 Å². The molecular formula is C15H21N3O3. The Kier molecular flexibility index (Phi) is 4.93. The van der Waals surface area contributed by atoms with Crippen LogP contribution in [0.25, 0.3) is 0 Å². The van der Waals surface area contributed by atoms with Gasteiger partial charge in [-0.25, -0.2) is 0 Å². The SMILES string of the molecule is CCNC(=O)c1ccc(NC(=O)COC2(C)CNC2)cc1. The number of carbonyl (C=O) groups excluding carboxylic acids is 2. The molecule has 0 aromatic heterocycles. The summed E-state index contributed by atoms with van der Waals surface area (Å²) >= 11 is 0. The summed E-state index contributed by atoms with van der Waals surface area (Å²) in [6.45, 7) is 5.98. The zero-order chi connectivity index (χ0) is 15.3. The van der Waals surface area contributed by atoms with Crippen molar-refractivity contribution in [2.75, 3.05) is 31.6 Å². The average Bonchev–Trinajstić information content (AvgIpc) is 2.44. The number of rotatable bonds is 6. The topological polar surface area (TPSA) is 79.5 Å². The standard InChI is InChI=1S/C15H21N3O3/c1-3-17-14(20)11-4-6-12(7-5-11)18-13(19)8-21-15(2)9-16-10-15/h4-7,16H,3,8-10H2,1-2H3,(H,17,20)(H,18,19). The van der Waals surface area contributed by atoms with Crippen molar-refractivity contribution >= 4 is 17.5 Å². The van der Waals surface area contributed by atoms with Crippen molar-refractivity contribution in [3.05, 3.63) is 29.8 Å². The second kappa shape index (κ2) is 6.69. The molecule has 114 valence electrons. The van der Waals surface area contributed by atoms with Gasteiger partial charge in [-0.05, 0) is 38.1 Å². The molecule has 2 amide bonds. The van der Waals surface area contributed by atoms with Gasteiger partial charge in [-0.15, -0.1) is 0 Å². The second-order valence-corrected chi connectivity index (χ2v) is 5.33. The number of amides is 2. The Balaban J connectivity index is 1.82. The molecule has 0 atom stereocenters. The van der Waals surface area contributed by atoms with E-state index in [-0.39, 0.29) is 24.0 Å². The Morgan fingerprint density at radius 1 is 1.29 bits per heavy atom. The Bertz CT molecular complexity index is 509. The lowest BCUT2D eigenvalue weighted by atomic mass is 10.0. The minimum absolute atomic E-state index is 0.0241. The van der Waals surface area contributed by atoms with Crippen LogP contribution in [0.2, 0.25) is 0 Å². The van der Waals surface area contributed by atoms with Crippen LogP contribution in [-0.2, 0) is 9.53 Å². The molecule has 6 heteroatoms. The molecule has 2 rings (SSSR count). The van der Waals surface area contributed by atoms with Gasteiger partial charge in [0.1, 0.15) is 6.61 Å². The molecule has 0 unspecified atom stereocenters.